The second-order valence-corrected chi connectivity index (χ2v) is 4.47. The van der Waals surface area contributed by atoms with E-state index in [0.717, 1.165) is 6.42 Å². The first kappa shape index (κ1) is 15.6. The van der Waals surface area contributed by atoms with Gasteiger partial charge in [0.05, 0.1) is 12.1 Å². The summed E-state index contributed by atoms with van der Waals surface area (Å²) in [4.78, 5) is 11.7. The molecule has 0 aromatic heterocycles. The fourth-order valence-electron chi connectivity index (χ4n) is 1.63. The number of carbonyl (C=O) groups excluding carboxylic acids is 1. The minimum absolute atomic E-state index is 0.0429. The molecule has 1 unspecified atom stereocenters. The Hall–Kier alpha value is -1.46. The van der Waals surface area contributed by atoms with E-state index in [9.17, 15) is 4.79 Å². The Labute approximate surface area is 117 Å². The Kier molecular flexibility index (Phi) is 6.45. The number of urea groups is 1. The summed E-state index contributed by atoms with van der Waals surface area (Å²) < 4.78 is 5.03. The highest BCUT2D eigenvalue weighted by Crippen LogP contribution is 2.27. The number of benzene rings is 1. The predicted molar refractivity (Wildman–Crippen MR) is 75.9 cm³/mol. The zero-order valence-corrected chi connectivity index (χ0v) is 11.8. The summed E-state index contributed by atoms with van der Waals surface area (Å²) in [6, 6.07) is 4.65. The van der Waals surface area contributed by atoms with Crippen molar-refractivity contribution in [1.82, 2.24) is 5.32 Å². The molecule has 0 saturated heterocycles. The first-order chi connectivity index (χ1) is 9.10. The first-order valence-corrected chi connectivity index (χ1v) is 6.50. The summed E-state index contributed by atoms with van der Waals surface area (Å²) in [5.41, 5.74) is 0.585. The lowest BCUT2D eigenvalue weighted by Crippen LogP contribution is -2.38. The molecule has 6 heteroatoms. The zero-order valence-electron chi connectivity index (χ0n) is 11.1. The van der Waals surface area contributed by atoms with Gasteiger partial charge in [-0.05, 0) is 31.0 Å². The highest BCUT2D eigenvalue weighted by molar-refractivity contribution is 6.32. The highest BCUT2D eigenvalue weighted by Gasteiger charge is 2.10. The molecule has 1 aromatic carbocycles. The van der Waals surface area contributed by atoms with Crippen LogP contribution in [0, 0.1) is 0 Å². The van der Waals surface area contributed by atoms with Crippen LogP contribution < -0.4 is 15.4 Å². The second kappa shape index (κ2) is 7.86. The Balaban J connectivity index is 2.59. The molecule has 3 N–H and O–H groups in total. The summed E-state index contributed by atoms with van der Waals surface area (Å²) >= 11 is 5.97. The van der Waals surface area contributed by atoms with E-state index in [0.29, 0.717) is 22.9 Å². The van der Waals surface area contributed by atoms with E-state index in [1.165, 1.54) is 7.11 Å². The smallest absolute Gasteiger partial charge is 0.319 e. The monoisotopic (exact) mass is 286 g/mol. The van der Waals surface area contributed by atoms with E-state index in [2.05, 4.69) is 10.6 Å². The number of anilines is 1. The average Bonchev–Trinajstić information content (AvgIpc) is 2.38. The third-order valence-corrected chi connectivity index (χ3v) is 3.01. The Morgan fingerprint density at radius 3 is 2.79 bits per heavy atom. The van der Waals surface area contributed by atoms with Gasteiger partial charge in [0, 0.05) is 18.3 Å². The lowest BCUT2D eigenvalue weighted by atomic mass is 10.2. The van der Waals surface area contributed by atoms with E-state index in [-0.39, 0.29) is 18.7 Å². The lowest BCUT2D eigenvalue weighted by Gasteiger charge is -2.16. The summed E-state index contributed by atoms with van der Waals surface area (Å²) in [6.45, 7) is 2.00. The van der Waals surface area contributed by atoms with Gasteiger partial charge in [0.2, 0.25) is 0 Å². The van der Waals surface area contributed by atoms with Crippen molar-refractivity contribution in [3.8, 4) is 5.75 Å². The fraction of sp³-hybridized carbons (Fsp3) is 0.462. The molecule has 0 saturated carbocycles. The number of ether oxygens (including phenoxy) is 1. The van der Waals surface area contributed by atoms with Crippen LogP contribution >= 0.6 is 11.6 Å². The molecule has 0 spiro atoms. The molecule has 5 nitrogen and oxygen atoms in total. The van der Waals surface area contributed by atoms with E-state index in [4.69, 9.17) is 21.4 Å². The first-order valence-electron chi connectivity index (χ1n) is 6.12. The molecule has 106 valence electrons. The Morgan fingerprint density at radius 1 is 1.53 bits per heavy atom. The molecule has 0 aliphatic rings. The van der Waals surface area contributed by atoms with Crippen molar-refractivity contribution in [3.05, 3.63) is 23.2 Å². The molecule has 0 radical (unpaired) electrons. The van der Waals surface area contributed by atoms with Crippen LogP contribution in [0.25, 0.3) is 0 Å². The third kappa shape index (κ3) is 4.96. The summed E-state index contributed by atoms with van der Waals surface area (Å²) in [5, 5.41) is 14.8. The number of halogens is 1. The molecule has 1 aromatic rings. The molecule has 1 rings (SSSR count). The number of carbonyl (C=O) groups is 1. The van der Waals surface area contributed by atoms with Crippen molar-refractivity contribution in [3.63, 3.8) is 0 Å². The highest BCUT2D eigenvalue weighted by atomic mass is 35.5. The molecule has 0 bridgehead atoms. The largest absolute Gasteiger partial charge is 0.495 e. The quantitative estimate of drug-likeness (QED) is 0.753. The van der Waals surface area contributed by atoms with Crippen LogP contribution in [0.2, 0.25) is 5.02 Å². The van der Waals surface area contributed by atoms with Crippen LogP contribution in [0.4, 0.5) is 10.5 Å². The molecule has 1 atom stereocenters. The number of hydrogen-bond acceptors (Lipinski definition) is 3. The number of rotatable bonds is 6. The summed E-state index contributed by atoms with van der Waals surface area (Å²) in [6.07, 6.45) is 1.30. The van der Waals surface area contributed by atoms with E-state index in [1.807, 2.05) is 6.92 Å². The van der Waals surface area contributed by atoms with Crippen molar-refractivity contribution in [1.29, 1.82) is 0 Å². The zero-order chi connectivity index (χ0) is 14.3. The number of nitrogens with one attached hydrogen (secondary N) is 2. The molecule has 0 aliphatic carbocycles. The number of aliphatic hydroxyl groups excluding tert-OH is 1. The summed E-state index contributed by atoms with van der Waals surface area (Å²) in [7, 11) is 1.53. The molecular weight excluding hydrogens is 268 g/mol. The van der Waals surface area contributed by atoms with E-state index in [1.54, 1.807) is 18.2 Å². The maximum Gasteiger partial charge on any atom is 0.319 e. The standard InChI is InChI=1S/C13H19ClN2O3/c1-3-9(6-7-17)15-13(18)16-10-4-5-12(19-2)11(14)8-10/h4-5,8-9,17H,3,6-7H2,1-2H3,(H2,15,16,18). The average molecular weight is 287 g/mol. The van der Waals surface area contributed by atoms with Gasteiger partial charge in [0.25, 0.3) is 0 Å². The summed E-state index contributed by atoms with van der Waals surface area (Å²) in [5.74, 6) is 0.555. The van der Waals surface area contributed by atoms with Gasteiger partial charge in [-0.25, -0.2) is 4.79 Å². The predicted octanol–water partition coefficient (Wildman–Crippen LogP) is 2.63. The molecular formula is C13H19ClN2O3. The second-order valence-electron chi connectivity index (χ2n) is 4.07. The van der Waals surface area contributed by atoms with Crippen LogP contribution in [-0.4, -0.2) is 30.9 Å². The number of amides is 2. The van der Waals surface area contributed by atoms with Crippen LogP contribution in [0.15, 0.2) is 18.2 Å². The molecule has 19 heavy (non-hydrogen) atoms. The Bertz CT molecular complexity index is 426. The number of methoxy groups -OCH3 is 1. The van der Waals surface area contributed by atoms with Gasteiger partial charge in [-0.2, -0.15) is 0 Å². The van der Waals surface area contributed by atoms with Gasteiger partial charge in [-0.1, -0.05) is 18.5 Å². The van der Waals surface area contributed by atoms with Crippen LogP contribution in [-0.2, 0) is 0 Å². The van der Waals surface area contributed by atoms with Crippen molar-refractivity contribution in [2.24, 2.45) is 0 Å². The van der Waals surface area contributed by atoms with Gasteiger partial charge in [-0.15, -0.1) is 0 Å². The van der Waals surface area contributed by atoms with Gasteiger partial charge in [-0.3, -0.25) is 0 Å². The third-order valence-electron chi connectivity index (χ3n) is 2.72. The van der Waals surface area contributed by atoms with Crippen molar-refractivity contribution >= 4 is 23.3 Å². The minimum atomic E-state index is -0.318. The van der Waals surface area contributed by atoms with Gasteiger partial charge < -0.3 is 20.5 Å². The van der Waals surface area contributed by atoms with Gasteiger partial charge in [0.15, 0.2) is 0 Å². The van der Waals surface area contributed by atoms with Crippen molar-refractivity contribution < 1.29 is 14.6 Å². The number of hydrogen-bond donors (Lipinski definition) is 3. The van der Waals surface area contributed by atoms with Gasteiger partial charge in [0.1, 0.15) is 5.75 Å². The molecule has 0 heterocycles. The maximum atomic E-state index is 11.7. The van der Waals surface area contributed by atoms with Crippen LogP contribution in [0.1, 0.15) is 19.8 Å². The topological polar surface area (TPSA) is 70.6 Å². The molecule has 0 aliphatic heterocycles. The fourth-order valence-corrected chi connectivity index (χ4v) is 1.89. The molecule has 2 amide bonds. The number of aliphatic hydroxyl groups is 1. The molecule has 0 fully saturated rings. The SMILES string of the molecule is CCC(CCO)NC(=O)Nc1ccc(OC)c(Cl)c1. The van der Waals surface area contributed by atoms with E-state index >= 15 is 0 Å². The Morgan fingerprint density at radius 2 is 2.26 bits per heavy atom. The van der Waals surface area contributed by atoms with E-state index < -0.39 is 0 Å². The maximum absolute atomic E-state index is 11.7. The van der Waals surface area contributed by atoms with Gasteiger partial charge >= 0.3 is 6.03 Å². The van der Waals surface area contributed by atoms with Crippen molar-refractivity contribution in [2.45, 2.75) is 25.8 Å². The lowest BCUT2D eigenvalue weighted by molar-refractivity contribution is 0.237. The van der Waals surface area contributed by atoms with Crippen molar-refractivity contribution in [2.75, 3.05) is 19.0 Å². The minimum Gasteiger partial charge on any atom is -0.495 e. The van der Waals surface area contributed by atoms with Crippen LogP contribution in [0.3, 0.4) is 0 Å². The normalized spacial score (nSPS) is 11.8. The van der Waals surface area contributed by atoms with Crippen LogP contribution in [0.5, 0.6) is 5.75 Å².